The smallest absolute Gasteiger partial charge is 0.223 e. The molecule has 1 aromatic rings. The monoisotopic (exact) mass is 285 g/mol. The molecule has 0 spiro atoms. The van der Waals surface area contributed by atoms with Crippen LogP contribution in [0.15, 0.2) is 24.3 Å². The standard InChI is InChI=1S/C18H23NO2/c1-14(19-18(21)16-9-3-2-4-10-16)17-11-5-7-15(13-17)8-6-12-20/h5,7,11,13-14,16,20H,2-4,9-10,12H2,1H3,(H,19,21). The topological polar surface area (TPSA) is 49.3 Å². The van der Waals surface area contributed by atoms with E-state index in [0.717, 1.165) is 24.0 Å². The Balaban J connectivity index is 1.99. The van der Waals surface area contributed by atoms with E-state index in [0.29, 0.717) is 0 Å². The van der Waals surface area contributed by atoms with Crippen LogP contribution in [-0.2, 0) is 4.79 Å². The SMILES string of the molecule is CC(NC(=O)C1CCCCC1)c1cccc(C#CCO)c1. The molecule has 112 valence electrons. The van der Waals surface area contributed by atoms with Gasteiger partial charge in [0.2, 0.25) is 5.91 Å². The van der Waals surface area contributed by atoms with Crippen LogP contribution in [0.1, 0.15) is 56.2 Å². The Morgan fingerprint density at radius 2 is 2.14 bits per heavy atom. The number of aliphatic hydroxyl groups is 1. The summed E-state index contributed by atoms with van der Waals surface area (Å²) in [5.74, 6) is 5.89. The van der Waals surface area contributed by atoms with Crippen LogP contribution in [0.2, 0.25) is 0 Å². The summed E-state index contributed by atoms with van der Waals surface area (Å²) in [4.78, 5) is 12.3. The first-order valence-electron chi connectivity index (χ1n) is 7.71. The first kappa shape index (κ1) is 15.6. The van der Waals surface area contributed by atoms with Gasteiger partial charge in [-0.05, 0) is 37.5 Å². The van der Waals surface area contributed by atoms with E-state index in [1.165, 1.54) is 19.3 Å². The van der Waals surface area contributed by atoms with Gasteiger partial charge in [-0.25, -0.2) is 0 Å². The first-order chi connectivity index (χ1) is 10.2. The molecule has 3 nitrogen and oxygen atoms in total. The van der Waals surface area contributed by atoms with Gasteiger partial charge in [0.15, 0.2) is 0 Å². The van der Waals surface area contributed by atoms with E-state index in [2.05, 4.69) is 17.2 Å². The van der Waals surface area contributed by atoms with Crippen LogP contribution in [0, 0.1) is 17.8 Å². The molecule has 2 N–H and O–H groups in total. The molecule has 21 heavy (non-hydrogen) atoms. The Bertz CT molecular complexity index is 536. The van der Waals surface area contributed by atoms with Gasteiger partial charge in [-0.1, -0.05) is 43.2 Å². The molecule has 1 fully saturated rings. The summed E-state index contributed by atoms with van der Waals surface area (Å²) in [7, 11) is 0. The third kappa shape index (κ3) is 4.61. The van der Waals surface area contributed by atoms with Crippen molar-refractivity contribution in [1.82, 2.24) is 5.32 Å². The number of hydrogen-bond acceptors (Lipinski definition) is 2. The Kier molecular flexibility index (Phi) is 5.83. The Labute approximate surface area is 126 Å². The van der Waals surface area contributed by atoms with Crippen molar-refractivity contribution in [2.45, 2.75) is 45.1 Å². The van der Waals surface area contributed by atoms with Gasteiger partial charge in [0, 0.05) is 11.5 Å². The predicted octanol–water partition coefficient (Wildman–Crippen LogP) is 2.79. The molecule has 0 aliphatic heterocycles. The van der Waals surface area contributed by atoms with Crippen molar-refractivity contribution in [2.24, 2.45) is 5.92 Å². The lowest BCUT2D eigenvalue weighted by molar-refractivity contribution is -0.126. The van der Waals surface area contributed by atoms with Crippen molar-refractivity contribution >= 4 is 5.91 Å². The predicted molar refractivity (Wildman–Crippen MR) is 83.5 cm³/mol. The molecule has 0 aromatic heterocycles. The number of amides is 1. The van der Waals surface area contributed by atoms with Crippen molar-refractivity contribution in [3.8, 4) is 11.8 Å². The number of nitrogens with one attached hydrogen (secondary N) is 1. The minimum atomic E-state index is -0.141. The van der Waals surface area contributed by atoms with Crippen molar-refractivity contribution in [2.75, 3.05) is 6.61 Å². The van der Waals surface area contributed by atoms with Gasteiger partial charge >= 0.3 is 0 Å². The highest BCUT2D eigenvalue weighted by Gasteiger charge is 2.22. The normalized spacial score (nSPS) is 16.7. The summed E-state index contributed by atoms with van der Waals surface area (Å²) in [6, 6.07) is 7.78. The largest absolute Gasteiger partial charge is 0.384 e. The van der Waals surface area contributed by atoms with Crippen LogP contribution in [-0.4, -0.2) is 17.6 Å². The molecular formula is C18H23NO2. The number of carbonyl (C=O) groups excluding carboxylic acids is 1. The molecule has 1 aliphatic carbocycles. The van der Waals surface area contributed by atoms with Gasteiger partial charge < -0.3 is 10.4 Å². The third-order valence-electron chi connectivity index (χ3n) is 4.03. The number of rotatable bonds is 3. The highest BCUT2D eigenvalue weighted by Crippen LogP contribution is 2.24. The maximum Gasteiger partial charge on any atom is 0.223 e. The Morgan fingerprint density at radius 3 is 2.86 bits per heavy atom. The maximum absolute atomic E-state index is 12.3. The van der Waals surface area contributed by atoms with Crippen LogP contribution in [0.3, 0.4) is 0 Å². The van der Waals surface area contributed by atoms with Crippen LogP contribution in [0.5, 0.6) is 0 Å². The van der Waals surface area contributed by atoms with Crippen LogP contribution in [0.4, 0.5) is 0 Å². The zero-order chi connectivity index (χ0) is 15.1. The molecule has 0 heterocycles. The average molecular weight is 285 g/mol. The van der Waals surface area contributed by atoms with Crippen LogP contribution >= 0.6 is 0 Å². The fourth-order valence-electron chi connectivity index (χ4n) is 2.81. The lowest BCUT2D eigenvalue weighted by Gasteiger charge is -2.23. The second-order valence-electron chi connectivity index (χ2n) is 5.65. The molecule has 2 rings (SSSR count). The summed E-state index contributed by atoms with van der Waals surface area (Å²) in [6.45, 7) is 1.86. The summed E-state index contributed by atoms with van der Waals surface area (Å²) >= 11 is 0. The van der Waals surface area contributed by atoms with Gasteiger partial charge in [-0.3, -0.25) is 4.79 Å². The summed E-state index contributed by atoms with van der Waals surface area (Å²) in [5, 5.41) is 11.9. The average Bonchev–Trinajstić information content (AvgIpc) is 2.54. The number of aliphatic hydroxyl groups excluding tert-OH is 1. The quantitative estimate of drug-likeness (QED) is 0.839. The molecule has 3 heteroatoms. The molecule has 0 saturated heterocycles. The molecule has 1 aromatic carbocycles. The van der Waals surface area contributed by atoms with Gasteiger partial charge in [-0.2, -0.15) is 0 Å². The van der Waals surface area contributed by atoms with Gasteiger partial charge in [0.25, 0.3) is 0 Å². The zero-order valence-electron chi connectivity index (χ0n) is 12.6. The minimum Gasteiger partial charge on any atom is -0.384 e. The molecule has 1 atom stereocenters. The van der Waals surface area contributed by atoms with E-state index in [4.69, 9.17) is 5.11 Å². The second kappa shape index (κ2) is 7.85. The fraction of sp³-hybridized carbons (Fsp3) is 0.500. The Morgan fingerprint density at radius 1 is 1.38 bits per heavy atom. The van der Waals surface area contributed by atoms with E-state index in [1.54, 1.807) is 0 Å². The molecule has 1 saturated carbocycles. The lowest BCUT2D eigenvalue weighted by Crippen LogP contribution is -2.33. The van der Waals surface area contributed by atoms with E-state index < -0.39 is 0 Å². The van der Waals surface area contributed by atoms with E-state index in [-0.39, 0.29) is 24.5 Å². The highest BCUT2D eigenvalue weighted by atomic mass is 16.2. The molecule has 1 aliphatic rings. The zero-order valence-corrected chi connectivity index (χ0v) is 12.6. The third-order valence-corrected chi connectivity index (χ3v) is 4.03. The molecule has 1 amide bonds. The first-order valence-corrected chi connectivity index (χ1v) is 7.71. The van der Waals surface area contributed by atoms with E-state index >= 15 is 0 Å². The van der Waals surface area contributed by atoms with Gasteiger partial charge in [0.1, 0.15) is 6.61 Å². The number of benzene rings is 1. The molecule has 0 radical (unpaired) electrons. The maximum atomic E-state index is 12.3. The molecule has 0 bridgehead atoms. The fourth-order valence-corrected chi connectivity index (χ4v) is 2.81. The van der Waals surface area contributed by atoms with Crippen molar-refractivity contribution < 1.29 is 9.90 Å². The number of carbonyl (C=O) groups is 1. The van der Waals surface area contributed by atoms with Crippen molar-refractivity contribution in [3.63, 3.8) is 0 Å². The van der Waals surface area contributed by atoms with Gasteiger partial charge in [0.05, 0.1) is 6.04 Å². The number of hydrogen-bond donors (Lipinski definition) is 2. The van der Waals surface area contributed by atoms with E-state index in [1.807, 2.05) is 31.2 Å². The second-order valence-corrected chi connectivity index (χ2v) is 5.65. The summed E-state index contributed by atoms with van der Waals surface area (Å²) < 4.78 is 0. The van der Waals surface area contributed by atoms with E-state index in [9.17, 15) is 4.79 Å². The van der Waals surface area contributed by atoms with Crippen LogP contribution in [0.25, 0.3) is 0 Å². The summed E-state index contributed by atoms with van der Waals surface area (Å²) in [6.07, 6.45) is 5.61. The lowest BCUT2D eigenvalue weighted by atomic mass is 9.88. The minimum absolute atomic E-state index is 0.0182. The van der Waals surface area contributed by atoms with Gasteiger partial charge in [-0.15, -0.1) is 0 Å². The summed E-state index contributed by atoms with van der Waals surface area (Å²) in [5.41, 5.74) is 1.91. The van der Waals surface area contributed by atoms with Crippen molar-refractivity contribution in [3.05, 3.63) is 35.4 Å². The molecule has 1 unspecified atom stereocenters. The van der Waals surface area contributed by atoms with Crippen molar-refractivity contribution in [1.29, 1.82) is 0 Å². The molecular weight excluding hydrogens is 262 g/mol. The van der Waals surface area contributed by atoms with Crippen LogP contribution < -0.4 is 5.32 Å². The highest BCUT2D eigenvalue weighted by molar-refractivity contribution is 5.79. The Hall–Kier alpha value is -1.79.